The fourth-order valence-corrected chi connectivity index (χ4v) is 2.07. The van der Waals surface area contributed by atoms with Crippen LogP contribution in [0.4, 0.5) is 0 Å². The van der Waals surface area contributed by atoms with E-state index in [4.69, 9.17) is 11.6 Å². The summed E-state index contributed by atoms with van der Waals surface area (Å²) in [6, 6.07) is 1.43. The van der Waals surface area contributed by atoms with E-state index in [-0.39, 0.29) is 17.6 Å². The summed E-state index contributed by atoms with van der Waals surface area (Å²) in [6.07, 6.45) is 2.58. The Labute approximate surface area is 98.6 Å². The quantitative estimate of drug-likeness (QED) is 0.788. The average molecular weight is 241 g/mol. The molecular weight excluding hydrogens is 228 g/mol. The highest BCUT2D eigenvalue weighted by atomic mass is 35.5. The van der Waals surface area contributed by atoms with Crippen molar-refractivity contribution in [2.24, 2.45) is 0 Å². The van der Waals surface area contributed by atoms with E-state index in [1.807, 2.05) is 23.8 Å². The van der Waals surface area contributed by atoms with Crippen LogP contribution >= 0.6 is 11.6 Å². The molecule has 1 aromatic rings. The number of Topliss-reactive ketones (excluding diaryl/α,β-unsaturated/α-hetero) is 1. The summed E-state index contributed by atoms with van der Waals surface area (Å²) in [6.45, 7) is 2.70. The van der Waals surface area contributed by atoms with Crippen molar-refractivity contribution in [1.29, 1.82) is 0 Å². The summed E-state index contributed by atoms with van der Waals surface area (Å²) < 4.78 is 1.93. The number of halogens is 1. The first-order valence-corrected chi connectivity index (χ1v) is 5.71. The highest BCUT2D eigenvalue weighted by Crippen LogP contribution is 2.18. The number of carbonyl (C=O) groups excluding carboxylic acids is 2. The number of aryl methyl sites for hydroxylation is 2. The van der Waals surface area contributed by atoms with E-state index in [1.165, 1.54) is 0 Å². The lowest BCUT2D eigenvalue weighted by atomic mass is 10.0. The van der Waals surface area contributed by atoms with Crippen molar-refractivity contribution >= 4 is 23.3 Å². The Balaban J connectivity index is 2.17. The first-order valence-electron chi connectivity index (χ1n) is 5.18. The number of aromatic nitrogens is 1. The molecule has 1 atom stereocenters. The van der Waals surface area contributed by atoms with Gasteiger partial charge in [0.25, 0.3) is 0 Å². The van der Waals surface area contributed by atoms with Crippen LogP contribution in [0.3, 0.4) is 0 Å². The zero-order valence-electron chi connectivity index (χ0n) is 9.00. The van der Waals surface area contributed by atoms with Gasteiger partial charge >= 0.3 is 0 Å². The maximum Gasteiger partial charge on any atom is 0.235 e. The minimum absolute atomic E-state index is 0.0298. The highest BCUT2D eigenvalue weighted by molar-refractivity contribution is 6.27. The molecule has 16 heavy (non-hydrogen) atoms. The number of nitrogens with zero attached hydrogens (tertiary/aromatic N) is 1. The topological polar surface area (TPSA) is 51.1 Å². The van der Waals surface area contributed by atoms with Gasteiger partial charge in [0.15, 0.2) is 0 Å². The number of carbonyl (C=O) groups is 2. The van der Waals surface area contributed by atoms with Crippen LogP contribution in [0.1, 0.15) is 22.5 Å². The molecule has 0 saturated heterocycles. The molecule has 1 unspecified atom stereocenters. The highest BCUT2D eigenvalue weighted by Gasteiger charge is 2.28. The molecule has 0 spiro atoms. The molecule has 4 nitrogen and oxygen atoms in total. The SMILES string of the molecule is Cc1cc2n(c1)CCC(NC(=O)CCl)C2=O. The van der Waals surface area contributed by atoms with Gasteiger partial charge in [-0.05, 0) is 25.0 Å². The molecule has 1 aromatic heterocycles. The zero-order valence-corrected chi connectivity index (χ0v) is 9.75. The number of nitrogens with one attached hydrogen (secondary N) is 1. The molecule has 0 fully saturated rings. The minimum Gasteiger partial charge on any atom is -0.345 e. The Morgan fingerprint density at radius 1 is 1.69 bits per heavy atom. The lowest BCUT2D eigenvalue weighted by Gasteiger charge is -2.23. The molecule has 0 saturated carbocycles. The molecular formula is C11H13ClN2O2. The van der Waals surface area contributed by atoms with Gasteiger partial charge in [-0.15, -0.1) is 11.6 Å². The van der Waals surface area contributed by atoms with Gasteiger partial charge in [0, 0.05) is 12.7 Å². The van der Waals surface area contributed by atoms with E-state index in [0.29, 0.717) is 12.1 Å². The van der Waals surface area contributed by atoms with E-state index in [2.05, 4.69) is 5.32 Å². The van der Waals surface area contributed by atoms with Crippen LogP contribution in [0, 0.1) is 6.92 Å². The Bertz CT molecular complexity index is 439. The molecule has 1 N–H and O–H groups in total. The predicted octanol–water partition coefficient (Wildman–Crippen LogP) is 1.11. The van der Waals surface area contributed by atoms with Gasteiger partial charge in [-0.3, -0.25) is 9.59 Å². The zero-order chi connectivity index (χ0) is 11.7. The van der Waals surface area contributed by atoms with Crippen molar-refractivity contribution in [3.63, 3.8) is 0 Å². The van der Waals surface area contributed by atoms with Crippen LogP contribution < -0.4 is 5.32 Å². The lowest BCUT2D eigenvalue weighted by Crippen LogP contribution is -2.45. The number of rotatable bonds is 2. The number of hydrogen-bond acceptors (Lipinski definition) is 2. The summed E-state index contributed by atoms with van der Waals surface area (Å²) in [5.74, 6) is -0.432. The molecule has 2 rings (SSSR count). The van der Waals surface area contributed by atoms with Crippen molar-refractivity contribution in [1.82, 2.24) is 9.88 Å². The normalized spacial score (nSPS) is 19.4. The second-order valence-electron chi connectivity index (χ2n) is 4.00. The third-order valence-electron chi connectivity index (χ3n) is 2.72. The summed E-state index contributed by atoms with van der Waals surface area (Å²) >= 11 is 5.39. The van der Waals surface area contributed by atoms with Gasteiger partial charge in [0.05, 0.1) is 11.7 Å². The van der Waals surface area contributed by atoms with Crippen LogP contribution in [-0.4, -0.2) is 28.2 Å². The van der Waals surface area contributed by atoms with Crippen molar-refractivity contribution < 1.29 is 9.59 Å². The van der Waals surface area contributed by atoms with Crippen LogP contribution in [0.25, 0.3) is 0 Å². The Kier molecular flexibility index (Phi) is 3.01. The number of fused-ring (bicyclic) bond motifs is 1. The van der Waals surface area contributed by atoms with Crippen LogP contribution in [0.15, 0.2) is 12.3 Å². The standard InChI is InChI=1S/C11H13ClN2O2/c1-7-4-9-11(16)8(13-10(15)5-12)2-3-14(9)6-7/h4,6,8H,2-3,5H2,1H3,(H,13,15). The summed E-state index contributed by atoms with van der Waals surface area (Å²) in [5, 5.41) is 2.63. The van der Waals surface area contributed by atoms with E-state index in [9.17, 15) is 9.59 Å². The molecule has 1 aliphatic heterocycles. The van der Waals surface area contributed by atoms with Crippen molar-refractivity contribution in [3.8, 4) is 0 Å². The predicted molar refractivity (Wildman–Crippen MR) is 60.8 cm³/mol. The number of amides is 1. The fourth-order valence-electron chi connectivity index (χ4n) is 2.00. The number of alkyl halides is 1. The maximum atomic E-state index is 12.0. The maximum absolute atomic E-state index is 12.0. The Morgan fingerprint density at radius 2 is 2.44 bits per heavy atom. The van der Waals surface area contributed by atoms with Crippen molar-refractivity contribution in [3.05, 3.63) is 23.5 Å². The largest absolute Gasteiger partial charge is 0.345 e. The Hall–Kier alpha value is -1.29. The lowest BCUT2D eigenvalue weighted by molar-refractivity contribution is -0.119. The first kappa shape index (κ1) is 11.2. The molecule has 86 valence electrons. The first-order chi connectivity index (χ1) is 7.61. The van der Waals surface area contributed by atoms with Crippen molar-refractivity contribution in [2.75, 3.05) is 5.88 Å². The minimum atomic E-state index is -0.423. The van der Waals surface area contributed by atoms with Gasteiger partial charge in [-0.2, -0.15) is 0 Å². The van der Waals surface area contributed by atoms with Gasteiger partial charge in [0.1, 0.15) is 5.88 Å². The van der Waals surface area contributed by atoms with Crippen molar-refractivity contribution in [2.45, 2.75) is 25.9 Å². The number of hydrogen-bond donors (Lipinski definition) is 1. The van der Waals surface area contributed by atoms with Gasteiger partial charge in [0.2, 0.25) is 11.7 Å². The third-order valence-corrected chi connectivity index (χ3v) is 2.96. The monoisotopic (exact) mass is 240 g/mol. The van der Waals surface area contributed by atoms with Crippen LogP contribution in [0.5, 0.6) is 0 Å². The molecule has 2 heterocycles. The summed E-state index contributed by atoms with van der Waals surface area (Å²) in [7, 11) is 0. The smallest absolute Gasteiger partial charge is 0.235 e. The van der Waals surface area contributed by atoms with E-state index < -0.39 is 6.04 Å². The molecule has 0 aliphatic carbocycles. The third kappa shape index (κ3) is 1.97. The molecule has 5 heteroatoms. The molecule has 0 aromatic carbocycles. The fraction of sp³-hybridized carbons (Fsp3) is 0.455. The van der Waals surface area contributed by atoms with Crippen LogP contribution in [0.2, 0.25) is 0 Å². The second-order valence-corrected chi connectivity index (χ2v) is 4.27. The number of ketones is 1. The average Bonchev–Trinajstić information content (AvgIpc) is 2.64. The molecule has 0 bridgehead atoms. The van der Waals surface area contributed by atoms with E-state index in [1.54, 1.807) is 0 Å². The molecule has 1 aliphatic rings. The molecule has 0 radical (unpaired) electrons. The van der Waals surface area contributed by atoms with Crippen LogP contribution in [-0.2, 0) is 11.3 Å². The molecule has 1 amide bonds. The van der Waals surface area contributed by atoms with Gasteiger partial charge in [-0.25, -0.2) is 0 Å². The van der Waals surface area contributed by atoms with Gasteiger partial charge in [-0.1, -0.05) is 0 Å². The summed E-state index contributed by atoms with van der Waals surface area (Å²) in [5.41, 5.74) is 1.73. The second kappa shape index (κ2) is 4.29. The Morgan fingerprint density at radius 3 is 3.12 bits per heavy atom. The van der Waals surface area contributed by atoms with E-state index in [0.717, 1.165) is 12.1 Å². The van der Waals surface area contributed by atoms with E-state index >= 15 is 0 Å². The van der Waals surface area contributed by atoms with Gasteiger partial charge < -0.3 is 9.88 Å². The summed E-state index contributed by atoms with van der Waals surface area (Å²) in [4.78, 5) is 23.1.